The molecule has 0 spiro atoms. The van der Waals surface area contributed by atoms with E-state index in [2.05, 4.69) is 12.2 Å². The van der Waals surface area contributed by atoms with Crippen molar-refractivity contribution in [1.29, 1.82) is 0 Å². The van der Waals surface area contributed by atoms with E-state index in [0.29, 0.717) is 47.0 Å². The lowest BCUT2D eigenvalue weighted by atomic mass is 10.1. The number of sulfonamides is 1. The second-order valence-corrected chi connectivity index (χ2v) is 11.9. The average Bonchev–Trinajstić information content (AvgIpc) is 3.12. The number of nitrogens with one attached hydrogen (secondary N) is 1. The minimum atomic E-state index is -3.55. The van der Waals surface area contributed by atoms with Crippen LogP contribution in [-0.4, -0.2) is 57.5 Å². The Hall–Kier alpha value is -1.49. The van der Waals surface area contributed by atoms with Gasteiger partial charge in [-0.25, -0.2) is 8.42 Å². The fourth-order valence-corrected chi connectivity index (χ4v) is 7.08. The quantitative estimate of drug-likeness (QED) is 0.446. The number of primary amides is 1. The Labute approximate surface area is 205 Å². The third-order valence-corrected chi connectivity index (χ3v) is 9.46. The van der Waals surface area contributed by atoms with Crippen molar-refractivity contribution in [2.45, 2.75) is 49.3 Å². The fourth-order valence-electron chi connectivity index (χ4n) is 3.87. The number of halogens is 1. The molecule has 1 aromatic carbocycles. The molecular formula is C23H32ClN3O4S2. The number of amides is 1. The number of carbonyl (C=O) groups excluding carboxylic acids is 1. The van der Waals surface area contributed by atoms with Crippen molar-refractivity contribution in [3.8, 4) is 0 Å². The summed E-state index contributed by atoms with van der Waals surface area (Å²) in [6.45, 7) is 5.33. The van der Waals surface area contributed by atoms with Crippen LogP contribution in [0.5, 0.6) is 0 Å². The molecule has 0 radical (unpaired) electrons. The largest absolute Gasteiger partial charge is 0.380 e. The van der Waals surface area contributed by atoms with Gasteiger partial charge in [-0.3, -0.25) is 4.79 Å². The second kappa shape index (κ2) is 12.3. The minimum absolute atomic E-state index is 0.300. The molecule has 1 fully saturated rings. The Morgan fingerprint density at radius 3 is 2.82 bits per heavy atom. The van der Waals surface area contributed by atoms with Gasteiger partial charge in [0.1, 0.15) is 4.21 Å². The summed E-state index contributed by atoms with van der Waals surface area (Å²) in [5.41, 5.74) is 6.48. The molecule has 1 aromatic heterocycles. The molecule has 1 unspecified atom stereocenters. The van der Waals surface area contributed by atoms with Crippen molar-refractivity contribution in [3.63, 3.8) is 0 Å². The molecule has 0 aliphatic carbocycles. The number of thiophene rings is 1. The van der Waals surface area contributed by atoms with E-state index >= 15 is 0 Å². The molecule has 1 atom stereocenters. The molecule has 2 heterocycles. The molecule has 0 bridgehead atoms. The van der Waals surface area contributed by atoms with E-state index in [9.17, 15) is 13.2 Å². The Balaban J connectivity index is 1.61. The molecule has 1 amide bonds. The van der Waals surface area contributed by atoms with Gasteiger partial charge in [-0.2, -0.15) is 4.31 Å². The van der Waals surface area contributed by atoms with Gasteiger partial charge in [-0.05, 0) is 61.6 Å². The summed E-state index contributed by atoms with van der Waals surface area (Å²) in [6.07, 6.45) is 3.99. The Bertz CT molecular complexity index is 1040. The SMILES string of the molecule is CCCOCCNC1CCCN(S(=O)(=O)c2ccc(Cc3cc(C(N)=O)ccc3Cl)s2)CC1. The molecule has 1 saturated heterocycles. The maximum atomic E-state index is 13.3. The molecule has 182 valence electrons. The Morgan fingerprint density at radius 2 is 2.06 bits per heavy atom. The van der Waals surface area contributed by atoms with Crippen LogP contribution in [-0.2, 0) is 21.2 Å². The number of hydrogen-bond donors (Lipinski definition) is 2. The first-order chi connectivity index (χ1) is 15.8. The monoisotopic (exact) mass is 513 g/mol. The maximum absolute atomic E-state index is 13.3. The van der Waals surface area contributed by atoms with Gasteiger partial charge in [0, 0.05) is 54.2 Å². The summed E-state index contributed by atoms with van der Waals surface area (Å²) in [7, 11) is -3.55. The topological polar surface area (TPSA) is 102 Å². The normalized spacial score (nSPS) is 17.7. The van der Waals surface area contributed by atoms with Crippen LogP contribution in [0.1, 0.15) is 53.4 Å². The minimum Gasteiger partial charge on any atom is -0.380 e. The van der Waals surface area contributed by atoms with Crippen LogP contribution in [0.2, 0.25) is 5.02 Å². The summed E-state index contributed by atoms with van der Waals surface area (Å²) in [6, 6.07) is 8.65. The third-order valence-electron chi connectivity index (χ3n) is 5.64. The highest BCUT2D eigenvalue weighted by Crippen LogP contribution is 2.30. The molecule has 33 heavy (non-hydrogen) atoms. The van der Waals surface area contributed by atoms with Crippen LogP contribution in [0, 0.1) is 0 Å². The second-order valence-electron chi connectivity index (χ2n) is 8.17. The van der Waals surface area contributed by atoms with Gasteiger partial charge >= 0.3 is 0 Å². The third kappa shape index (κ3) is 7.24. The van der Waals surface area contributed by atoms with Crippen molar-refractivity contribution in [1.82, 2.24) is 9.62 Å². The van der Waals surface area contributed by atoms with Crippen LogP contribution < -0.4 is 11.1 Å². The summed E-state index contributed by atoms with van der Waals surface area (Å²) in [5, 5.41) is 4.01. The number of carbonyl (C=O) groups is 1. The van der Waals surface area contributed by atoms with Gasteiger partial charge in [0.05, 0.1) is 6.61 Å². The summed E-state index contributed by atoms with van der Waals surface area (Å²) in [5.74, 6) is -0.523. The van der Waals surface area contributed by atoms with Crippen molar-refractivity contribution >= 4 is 38.9 Å². The molecule has 3 rings (SSSR count). The van der Waals surface area contributed by atoms with Crippen LogP contribution >= 0.6 is 22.9 Å². The predicted octanol–water partition coefficient (Wildman–Crippen LogP) is 3.65. The molecule has 1 aliphatic heterocycles. The molecule has 2 aromatic rings. The van der Waals surface area contributed by atoms with E-state index in [0.717, 1.165) is 49.3 Å². The summed E-state index contributed by atoms with van der Waals surface area (Å²) in [4.78, 5) is 12.3. The molecule has 7 nitrogen and oxygen atoms in total. The standard InChI is InChI=1S/C23H32ClN3O4S2/c1-2-13-31-14-10-26-19-4-3-11-27(12-9-19)33(29,30)22-8-6-20(32-22)16-18-15-17(23(25)28)5-7-21(18)24/h5-8,15,19,26H,2-4,9-14,16H2,1H3,(H2,25,28). The average molecular weight is 514 g/mol. The number of nitrogens with zero attached hydrogens (tertiary/aromatic N) is 1. The lowest BCUT2D eigenvalue weighted by Crippen LogP contribution is -2.35. The van der Waals surface area contributed by atoms with E-state index < -0.39 is 15.9 Å². The van der Waals surface area contributed by atoms with Crippen LogP contribution in [0.4, 0.5) is 0 Å². The van der Waals surface area contributed by atoms with Crippen molar-refractivity contribution in [2.24, 2.45) is 5.73 Å². The smallest absolute Gasteiger partial charge is 0.252 e. The van der Waals surface area contributed by atoms with Gasteiger partial charge in [0.2, 0.25) is 5.91 Å². The Morgan fingerprint density at radius 1 is 1.24 bits per heavy atom. The van der Waals surface area contributed by atoms with Gasteiger partial charge < -0.3 is 15.8 Å². The van der Waals surface area contributed by atoms with Crippen molar-refractivity contribution in [2.75, 3.05) is 32.8 Å². The highest BCUT2D eigenvalue weighted by Gasteiger charge is 2.29. The van der Waals surface area contributed by atoms with Crippen LogP contribution in [0.25, 0.3) is 0 Å². The number of hydrogen-bond acceptors (Lipinski definition) is 6. The predicted molar refractivity (Wildman–Crippen MR) is 133 cm³/mol. The first-order valence-electron chi connectivity index (χ1n) is 11.3. The lowest BCUT2D eigenvalue weighted by molar-refractivity contribution is 0.1000. The zero-order valence-electron chi connectivity index (χ0n) is 18.9. The van der Waals surface area contributed by atoms with Gasteiger partial charge in [-0.1, -0.05) is 18.5 Å². The zero-order chi connectivity index (χ0) is 23.8. The highest BCUT2D eigenvalue weighted by atomic mass is 35.5. The van der Waals surface area contributed by atoms with Crippen molar-refractivity contribution < 1.29 is 17.9 Å². The molecule has 0 saturated carbocycles. The first kappa shape index (κ1) is 26.1. The van der Waals surface area contributed by atoms with Crippen LogP contribution in [0.15, 0.2) is 34.5 Å². The number of ether oxygens (including phenoxy) is 1. The Kier molecular flexibility index (Phi) is 9.72. The van der Waals surface area contributed by atoms with E-state index in [1.54, 1.807) is 28.6 Å². The number of nitrogens with two attached hydrogens (primary N) is 1. The molecule has 3 N–H and O–H groups in total. The summed E-state index contributed by atoms with van der Waals surface area (Å²) >= 11 is 7.52. The van der Waals surface area contributed by atoms with Crippen LogP contribution in [0.3, 0.4) is 0 Å². The van der Waals surface area contributed by atoms with Gasteiger partial charge in [-0.15, -0.1) is 11.3 Å². The van der Waals surface area contributed by atoms with E-state index in [1.165, 1.54) is 11.3 Å². The molecule has 10 heteroatoms. The van der Waals surface area contributed by atoms with Crippen molar-refractivity contribution in [3.05, 3.63) is 51.4 Å². The van der Waals surface area contributed by atoms with E-state index in [-0.39, 0.29) is 0 Å². The first-order valence-corrected chi connectivity index (χ1v) is 13.9. The highest BCUT2D eigenvalue weighted by molar-refractivity contribution is 7.91. The van der Waals surface area contributed by atoms with E-state index in [4.69, 9.17) is 22.1 Å². The van der Waals surface area contributed by atoms with E-state index in [1.807, 2.05) is 6.07 Å². The molecule has 1 aliphatic rings. The zero-order valence-corrected chi connectivity index (χ0v) is 21.3. The summed E-state index contributed by atoms with van der Waals surface area (Å²) < 4.78 is 34.0. The lowest BCUT2D eigenvalue weighted by Gasteiger charge is -2.19. The molecular weight excluding hydrogens is 482 g/mol. The number of benzene rings is 1. The fraction of sp³-hybridized carbons (Fsp3) is 0.522. The van der Waals surface area contributed by atoms with Gasteiger partial charge in [0.25, 0.3) is 10.0 Å². The van der Waals surface area contributed by atoms with Gasteiger partial charge in [0.15, 0.2) is 0 Å². The number of rotatable bonds is 11. The maximum Gasteiger partial charge on any atom is 0.252 e.